The molecular weight excluding hydrogens is 538 g/mol. The lowest BCUT2D eigenvalue weighted by molar-refractivity contribution is -0.00787. The van der Waals surface area contributed by atoms with E-state index in [0.717, 1.165) is 5.56 Å². The van der Waals surface area contributed by atoms with Gasteiger partial charge in [0.15, 0.2) is 5.67 Å². The molecule has 1 saturated heterocycles. The molecule has 1 aliphatic heterocycles. The Kier molecular flexibility index (Phi) is 8.14. The van der Waals surface area contributed by atoms with Crippen LogP contribution in [0.15, 0.2) is 35.3 Å². The molecule has 1 amide bonds. The molecule has 7 atom stereocenters. The molecule has 2 aliphatic rings. The van der Waals surface area contributed by atoms with Crippen molar-refractivity contribution in [2.75, 3.05) is 38.6 Å². The predicted molar refractivity (Wildman–Crippen MR) is 152 cm³/mol. The minimum Gasteiger partial charge on any atom is -0.370 e. The van der Waals surface area contributed by atoms with Gasteiger partial charge >= 0.3 is 0 Å². The molecular formula is C25H34F3N4O2P3. The zero-order valence-corrected chi connectivity index (χ0v) is 24.6. The maximum atomic E-state index is 15.1. The van der Waals surface area contributed by atoms with E-state index in [0.29, 0.717) is 23.7 Å². The Hall–Kier alpha value is -1.52. The number of pyridine rings is 1. The number of carbonyl (C=O) groups is 1. The maximum absolute atomic E-state index is 15.1. The van der Waals surface area contributed by atoms with E-state index in [-0.39, 0.29) is 30.9 Å². The number of benzene rings is 1. The van der Waals surface area contributed by atoms with E-state index in [1.165, 1.54) is 16.8 Å². The molecule has 2 heterocycles. The molecule has 202 valence electrons. The molecule has 1 N–H and O–H groups in total. The first-order valence-corrected chi connectivity index (χ1v) is 14.0. The Morgan fingerprint density at radius 3 is 2.49 bits per heavy atom. The summed E-state index contributed by atoms with van der Waals surface area (Å²) in [7, 11) is 10.3. The van der Waals surface area contributed by atoms with E-state index < -0.39 is 40.5 Å². The number of amides is 1. The van der Waals surface area contributed by atoms with Crippen molar-refractivity contribution in [1.29, 1.82) is 0 Å². The molecule has 1 aliphatic carbocycles. The summed E-state index contributed by atoms with van der Waals surface area (Å²) in [6, 6.07) is 5.28. The highest BCUT2D eigenvalue weighted by molar-refractivity contribution is 7.28. The lowest BCUT2D eigenvalue weighted by atomic mass is 9.89. The highest BCUT2D eigenvalue weighted by atomic mass is 31.0. The van der Waals surface area contributed by atoms with E-state index in [2.05, 4.69) is 33.0 Å². The van der Waals surface area contributed by atoms with Gasteiger partial charge in [-0.05, 0) is 43.2 Å². The summed E-state index contributed by atoms with van der Waals surface area (Å²) in [5, 5.41) is 1.95. The Bertz CT molecular complexity index is 1250. The Labute approximate surface area is 222 Å². The second-order valence-electron chi connectivity index (χ2n) is 10.4. The number of rotatable bonds is 8. The van der Waals surface area contributed by atoms with Gasteiger partial charge in [-0.1, -0.05) is 36.7 Å². The first-order valence-electron chi connectivity index (χ1n) is 12.1. The van der Waals surface area contributed by atoms with Gasteiger partial charge < -0.3 is 14.8 Å². The molecule has 0 spiro atoms. The summed E-state index contributed by atoms with van der Waals surface area (Å²) in [5.74, 6) is -1.75. The van der Waals surface area contributed by atoms with Crippen LogP contribution in [-0.4, -0.2) is 60.2 Å². The molecule has 1 saturated carbocycles. The highest BCUT2D eigenvalue weighted by Gasteiger charge is 2.46. The van der Waals surface area contributed by atoms with E-state index >= 15 is 4.39 Å². The molecule has 2 fully saturated rings. The standard InChI is InChI=1S/C25H34F3N4O2P3/c1-14(15-5-4-6-16(21(15)35)22(26)36)29-23(34)17-10-32(19-7-8-25(19,28)37)20(33)9-18(17)31(3)13-24(27)11-30(2)12-24/h4-6,9-10,14,19,22H,7-8,11-13,35-37H2,1-3H3,(H,29,34)/t14-,19+,22?,25?/m1/s1. The number of halogens is 3. The van der Waals surface area contributed by atoms with Crippen LogP contribution in [-0.2, 0) is 0 Å². The number of hydrogen-bond donors (Lipinski definition) is 1. The monoisotopic (exact) mass is 572 g/mol. The summed E-state index contributed by atoms with van der Waals surface area (Å²) in [5.41, 5.74) is -0.291. The van der Waals surface area contributed by atoms with Crippen molar-refractivity contribution in [1.82, 2.24) is 14.8 Å². The van der Waals surface area contributed by atoms with Crippen molar-refractivity contribution in [3.8, 4) is 0 Å². The van der Waals surface area contributed by atoms with Gasteiger partial charge in [0.05, 0.1) is 29.9 Å². The topological polar surface area (TPSA) is 57.6 Å². The first kappa shape index (κ1) is 28.5. The average Bonchev–Trinajstić information content (AvgIpc) is 2.78. The summed E-state index contributed by atoms with van der Waals surface area (Å²) in [4.78, 5) is 30.0. The maximum Gasteiger partial charge on any atom is 0.255 e. The molecule has 37 heavy (non-hydrogen) atoms. The van der Waals surface area contributed by atoms with Gasteiger partial charge in [0.25, 0.3) is 11.5 Å². The van der Waals surface area contributed by atoms with Crippen LogP contribution >= 0.6 is 27.7 Å². The number of aromatic nitrogens is 1. The van der Waals surface area contributed by atoms with Crippen LogP contribution in [0.3, 0.4) is 0 Å². The molecule has 2 aromatic rings. The van der Waals surface area contributed by atoms with Crippen LogP contribution in [0.5, 0.6) is 0 Å². The van der Waals surface area contributed by atoms with E-state index in [1.807, 2.05) is 11.9 Å². The second-order valence-corrected chi connectivity index (χ2v) is 12.5. The highest BCUT2D eigenvalue weighted by Crippen LogP contribution is 2.50. The Balaban J connectivity index is 1.68. The van der Waals surface area contributed by atoms with Gasteiger partial charge in [0.1, 0.15) is 11.3 Å². The second kappa shape index (κ2) is 10.6. The van der Waals surface area contributed by atoms with Crippen LogP contribution < -0.4 is 21.1 Å². The van der Waals surface area contributed by atoms with Crippen LogP contribution in [0.25, 0.3) is 0 Å². The summed E-state index contributed by atoms with van der Waals surface area (Å²) < 4.78 is 45.2. The molecule has 0 radical (unpaired) electrons. The quantitative estimate of drug-likeness (QED) is 0.491. The van der Waals surface area contributed by atoms with Crippen molar-refractivity contribution in [2.45, 2.75) is 48.8 Å². The van der Waals surface area contributed by atoms with Crippen LogP contribution in [0.4, 0.5) is 18.9 Å². The van der Waals surface area contributed by atoms with Gasteiger partial charge in [-0.25, -0.2) is 13.2 Å². The van der Waals surface area contributed by atoms with Crippen LogP contribution in [0.1, 0.15) is 59.2 Å². The lowest BCUT2D eigenvalue weighted by Crippen LogP contribution is -2.61. The Morgan fingerprint density at radius 1 is 1.30 bits per heavy atom. The molecule has 4 rings (SSSR count). The van der Waals surface area contributed by atoms with Crippen molar-refractivity contribution in [3.63, 3.8) is 0 Å². The third kappa shape index (κ3) is 5.76. The number of nitrogens with zero attached hydrogens (tertiary/aromatic N) is 3. The minimum absolute atomic E-state index is 0.000578. The zero-order valence-electron chi connectivity index (χ0n) is 21.2. The summed E-state index contributed by atoms with van der Waals surface area (Å²) >= 11 is 0. The fourth-order valence-electron chi connectivity index (χ4n) is 5.30. The normalized spacial score (nSPS) is 24.5. The molecule has 12 heteroatoms. The number of anilines is 1. The number of likely N-dealkylation sites (tertiary alicyclic amines) is 1. The molecule has 1 aromatic heterocycles. The van der Waals surface area contributed by atoms with E-state index in [4.69, 9.17) is 0 Å². The molecule has 1 aromatic carbocycles. The van der Waals surface area contributed by atoms with Gasteiger partial charge in [-0.2, -0.15) is 0 Å². The number of alkyl halides is 3. The van der Waals surface area contributed by atoms with Crippen LogP contribution in [0.2, 0.25) is 0 Å². The first-order chi connectivity index (χ1) is 17.2. The SMILES string of the molecule is C[C@@H](NC(=O)c1cn([C@H]2CCC2(F)P)c(=O)cc1N(C)CC1(F)CN(C)C1)c1cccc(C(F)P)c1P. The average molecular weight is 572 g/mol. The van der Waals surface area contributed by atoms with Crippen molar-refractivity contribution < 1.29 is 18.0 Å². The Morgan fingerprint density at radius 2 is 1.95 bits per heavy atom. The molecule has 6 nitrogen and oxygen atoms in total. The van der Waals surface area contributed by atoms with E-state index in [9.17, 15) is 18.4 Å². The minimum atomic E-state index is -1.63. The summed E-state index contributed by atoms with van der Waals surface area (Å²) in [6.07, 6.45) is 2.15. The van der Waals surface area contributed by atoms with E-state index in [1.54, 1.807) is 37.1 Å². The van der Waals surface area contributed by atoms with Crippen molar-refractivity contribution >= 4 is 44.6 Å². The lowest BCUT2D eigenvalue weighted by Gasteiger charge is -2.44. The van der Waals surface area contributed by atoms with Crippen molar-refractivity contribution in [2.24, 2.45) is 0 Å². The largest absolute Gasteiger partial charge is 0.370 e. The predicted octanol–water partition coefficient (Wildman–Crippen LogP) is 3.65. The third-order valence-corrected chi connectivity index (χ3v) is 9.02. The van der Waals surface area contributed by atoms with Gasteiger partial charge in [0.2, 0.25) is 0 Å². The number of carbonyl (C=O) groups excluding carboxylic acids is 1. The summed E-state index contributed by atoms with van der Waals surface area (Å²) in [6.45, 7) is 2.29. The zero-order chi connectivity index (χ0) is 27.3. The fraction of sp³-hybridized carbons (Fsp3) is 0.520. The molecule has 0 bridgehead atoms. The molecule has 5 unspecified atom stereocenters. The third-order valence-electron chi connectivity index (χ3n) is 7.32. The smallest absolute Gasteiger partial charge is 0.255 e. The van der Waals surface area contributed by atoms with Gasteiger partial charge in [-0.3, -0.25) is 14.5 Å². The number of nitrogens with one attached hydrogen (secondary N) is 1. The van der Waals surface area contributed by atoms with Crippen molar-refractivity contribution in [3.05, 3.63) is 57.5 Å². The van der Waals surface area contributed by atoms with Gasteiger partial charge in [0, 0.05) is 32.4 Å². The van der Waals surface area contributed by atoms with Crippen LogP contribution in [0, 0.1) is 0 Å². The number of hydrogen-bond acceptors (Lipinski definition) is 4. The fourth-order valence-corrected chi connectivity index (χ4v) is 6.87. The van der Waals surface area contributed by atoms with Gasteiger partial charge in [-0.15, -0.1) is 9.24 Å².